The molecule has 2 heterocycles. The minimum absolute atomic E-state index is 0.0331. The van der Waals surface area contributed by atoms with Crippen molar-refractivity contribution in [1.82, 2.24) is 5.32 Å². The van der Waals surface area contributed by atoms with Gasteiger partial charge in [0.05, 0.1) is 36.7 Å². The molecule has 3 fully saturated rings. The largest absolute Gasteiger partial charge is 0.388 e. The molecule has 14 atom stereocenters. The highest BCUT2D eigenvalue weighted by molar-refractivity contribution is 7.91. The lowest BCUT2D eigenvalue weighted by molar-refractivity contribution is -0.337. The van der Waals surface area contributed by atoms with Crippen LogP contribution in [-0.4, -0.2) is 137 Å². The first kappa shape index (κ1) is 33.0. The van der Waals surface area contributed by atoms with E-state index < -0.39 is 94.7 Å². The van der Waals surface area contributed by atoms with Crippen LogP contribution in [0.15, 0.2) is 0 Å². The van der Waals surface area contributed by atoms with Gasteiger partial charge in [-0.15, -0.1) is 0 Å². The highest BCUT2D eigenvalue weighted by Gasteiger charge is 2.53. The van der Waals surface area contributed by atoms with Crippen LogP contribution < -0.4 is 5.32 Å². The second-order valence-electron chi connectivity index (χ2n) is 11.5. The monoisotopic (exact) mass is 585 g/mol. The van der Waals surface area contributed by atoms with Gasteiger partial charge in [0.25, 0.3) is 0 Å². The van der Waals surface area contributed by atoms with Crippen molar-refractivity contribution < 1.29 is 58.0 Å². The molecule has 7 N–H and O–H groups in total. The summed E-state index contributed by atoms with van der Waals surface area (Å²) in [5.74, 6) is -1.38. The average Bonchev–Trinajstić information content (AvgIpc) is 2.85. The van der Waals surface area contributed by atoms with Crippen LogP contribution in [0.5, 0.6) is 0 Å². The first-order chi connectivity index (χ1) is 18.2. The molecular formula is C25H47NO12S. The minimum atomic E-state index is -3.49. The van der Waals surface area contributed by atoms with Crippen LogP contribution in [0, 0.1) is 11.8 Å². The molecule has 3 rings (SSSR count). The lowest BCUT2D eigenvalue weighted by Crippen LogP contribution is -2.66. The van der Waals surface area contributed by atoms with E-state index in [0.717, 1.165) is 0 Å². The molecule has 2 saturated heterocycles. The van der Waals surface area contributed by atoms with E-state index in [4.69, 9.17) is 18.9 Å². The third kappa shape index (κ3) is 7.30. The minimum Gasteiger partial charge on any atom is -0.388 e. The first-order valence-electron chi connectivity index (χ1n) is 13.8. The van der Waals surface area contributed by atoms with Crippen LogP contribution in [0.25, 0.3) is 0 Å². The summed E-state index contributed by atoms with van der Waals surface area (Å²) in [5, 5.41) is 66.8. The zero-order chi connectivity index (χ0) is 29.3. The van der Waals surface area contributed by atoms with E-state index in [9.17, 15) is 39.1 Å². The third-order valence-corrected chi connectivity index (χ3v) is 10.1. The Morgan fingerprint density at radius 2 is 1.59 bits per heavy atom. The molecular weight excluding hydrogens is 538 g/mol. The van der Waals surface area contributed by atoms with Crippen LogP contribution in [0.3, 0.4) is 0 Å². The molecule has 3 aliphatic rings. The van der Waals surface area contributed by atoms with Gasteiger partial charge in [-0.25, -0.2) is 8.42 Å². The summed E-state index contributed by atoms with van der Waals surface area (Å²) in [6.45, 7) is 6.58. The smallest absolute Gasteiger partial charge is 0.186 e. The number of sulfone groups is 1. The molecule has 1 aliphatic carbocycles. The molecule has 0 amide bonds. The fraction of sp³-hybridized carbons (Fsp3) is 1.00. The van der Waals surface area contributed by atoms with Gasteiger partial charge in [0.1, 0.15) is 36.1 Å². The molecule has 230 valence electrons. The van der Waals surface area contributed by atoms with Crippen molar-refractivity contribution in [3.05, 3.63) is 0 Å². The van der Waals surface area contributed by atoms with Gasteiger partial charge in [-0.1, -0.05) is 20.8 Å². The third-order valence-electron chi connectivity index (χ3n) is 8.15. The van der Waals surface area contributed by atoms with E-state index >= 15 is 0 Å². The van der Waals surface area contributed by atoms with Gasteiger partial charge in [0.15, 0.2) is 22.4 Å². The van der Waals surface area contributed by atoms with Crippen LogP contribution in [0.2, 0.25) is 0 Å². The van der Waals surface area contributed by atoms with Crippen molar-refractivity contribution in [3.8, 4) is 0 Å². The van der Waals surface area contributed by atoms with Crippen molar-refractivity contribution in [3.63, 3.8) is 0 Å². The van der Waals surface area contributed by atoms with E-state index in [1.165, 1.54) is 6.92 Å². The molecule has 0 radical (unpaired) electrons. The molecule has 0 aromatic carbocycles. The van der Waals surface area contributed by atoms with Crippen molar-refractivity contribution in [2.75, 3.05) is 25.2 Å². The van der Waals surface area contributed by atoms with Crippen molar-refractivity contribution in [1.29, 1.82) is 0 Å². The van der Waals surface area contributed by atoms with Gasteiger partial charge in [0, 0.05) is 11.7 Å². The predicted molar refractivity (Wildman–Crippen MR) is 138 cm³/mol. The summed E-state index contributed by atoms with van der Waals surface area (Å²) in [6.07, 6.45) is -11.8. The molecule has 1 unspecified atom stereocenters. The summed E-state index contributed by atoms with van der Waals surface area (Å²) in [5.41, 5.74) is -1.40. The fourth-order valence-electron chi connectivity index (χ4n) is 6.08. The fourth-order valence-corrected chi connectivity index (χ4v) is 7.85. The normalized spacial score (nSPS) is 47.7. The number of likely N-dealkylation sites (N-methyl/N-ethyl adjacent to an activating group) is 1. The van der Waals surface area contributed by atoms with Crippen molar-refractivity contribution in [2.45, 2.75) is 120 Å². The van der Waals surface area contributed by atoms with E-state index in [1.54, 1.807) is 27.8 Å². The Bertz CT molecular complexity index is 888. The number of hydrogen-bond acceptors (Lipinski definition) is 13. The Morgan fingerprint density at radius 1 is 0.949 bits per heavy atom. The molecule has 14 heteroatoms. The molecule has 0 spiro atoms. The maximum absolute atomic E-state index is 12.8. The molecule has 13 nitrogen and oxygen atoms in total. The van der Waals surface area contributed by atoms with Crippen LogP contribution in [-0.2, 0) is 28.8 Å². The number of ether oxygens (including phenoxy) is 4. The summed E-state index contributed by atoms with van der Waals surface area (Å²) >= 11 is 0. The van der Waals surface area contributed by atoms with Crippen LogP contribution in [0.4, 0.5) is 0 Å². The second-order valence-corrected chi connectivity index (χ2v) is 13.7. The topological polar surface area (TPSA) is 204 Å². The molecule has 0 aromatic rings. The Hall–Kier alpha value is -0.490. The maximum atomic E-state index is 12.8. The Balaban J connectivity index is 1.86. The Kier molecular flexibility index (Phi) is 11.2. The standard InChI is InChI=1S/C25H47NO12S/c1-6-8-39(33,34)10-13-9-12(3)20(37-24-17(29)16(28)15(27)14(7-2)36-24)18(30)21(13)38-23-19(31)22(26-5)25(4,32)11-35-23/h12-24,26-32H,6-11H2,1-5H3/t12-,13-,14+,15+,16-,17+,18-,19+,20?,21-,22+,23+,24+,25-/m0/s1. The van der Waals surface area contributed by atoms with Crippen LogP contribution >= 0.6 is 0 Å². The maximum Gasteiger partial charge on any atom is 0.186 e. The quantitative estimate of drug-likeness (QED) is 0.147. The van der Waals surface area contributed by atoms with Crippen LogP contribution in [0.1, 0.15) is 47.0 Å². The lowest BCUT2D eigenvalue weighted by atomic mass is 9.77. The second kappa shape index (κ2) is 13.2. The number of aliphatic hydroxyl groups is 6. The van der Waals surface area contributed by atoms with Crippen molar-refractivity contribution in [2.24, 2.45) is 11.8 Å². The summed E-state index contributed by atoms with van der Waals surface area (Å²) in [4.78, 5) is 0. The van der Waals surface area contributed by atoms with Crippen molar-refractivity contribution >= 4 is 9.84 Å². The first-order valence-corrected chi connectivity index (χ1v) is 15.6. The lowest BCUT2D eigenvalue weighted by Gasteiger charge is -2.49. The van der Waals surface area contributed by atoms with Gasteiger partial charge in [-0.3, -0.25) is 0 Å². The molecule has 2 aliphatic heterocycles. The zero-order valence-electron chi connectivity index (χ0n) is 23.3. The molecule has 0 aromatic heterocycles. The number of rotatable bonds is 10. The SMILES string of the molecule is CCCS(=O)(=O)C[C@@H]1C[C@H](C)C(O[C@H]2O[C@H](CC)[C@@H](O)[C@H](O)[C@H]2O)[C@H](O)[C@H]1O[C@H]1OC[C@](C)(O)[C@H](NC)[C@H]1O. The number of nitrogens with one attached hydrogen (secondary N) is 1. The van der Waals surface area contributed by atoms with E-state index in [1.807, 2.05) is 0 Å². The predicted octanol–water partition coefficient (Wildman–Crippen LogP) is -2.13. The van der Waals surface area contributed by atoms with Gasteiger partial charge in [-0.05, 0) is 39.2 Å². The molecule has 39 heavy (non-hydrogen) atoms. The Morgan fingerprint density at radius 3 is 2.18 bits per heavy atom. The summed E-state index contributed by atoms with van der Waals surface area (Å²) in [6, 6.07) is -0.824. The Labute approximate surface area is 230 Å². The molecule has 0 bridgehead atoms. The molecule has 1 saturated carbocycles. The number of aliphatic hydroxyl groups excluding tert-OH is 5. The highest BCUT2D eigenvalue weighted by Crippen LogP contribution is 2.38. The van der Waals surface area contributed by atoms with E-state index in [-0.39, 0.29) is 24.5 Å². The van der Waals surface area contributed by atoms with Gasteiger partial charge in [-0.2, -0.15) is 0 Å². The number of hydrogen-bond donors (Lipinski definition) is 7. The van der Waals surface area contributed by atoms with Gasteiger partial charge < -0.3 is 54.9 Å². The zero-order valence-corrected chi connectivity index (χ0v) is 24.1. The van der Waals surface area contributed by atoms with E-state index in [0.29, 0.717) is 12.8 Å². The summed E-state index contributed by atoms with van der Waals surface area (Å²) < 4.78 is 48.9. The highest BCUT2D eigenvalue weighted by atomic mass is 32.2. The van der Waals surface area contributed by atoms with Gasteiger partial charge >= 0.3 is 0 Å². The van der Waals surface area contributed by atoms with Gasteiger partial charge in [0.2, 0.25) is 0 Å². The van der Waals surface area contributed by atoms with E-state index in [2.05, 4.69) is 5.32 Å². The average molecular weight is 586 g/mol. The summed E-state index contributed by atoms with van der Waals surface area (Å²) in [7, 11) is -1.92.